The molecule has 1 N–H and O–H groups in total. The van der Waals surface area contributed by atoms with Crippen molar-refractivity contribution in [2.45, 2.75) is 63.5 Å². The molecule has 1 aliphatic carbocycles. The third-order valence-electron chi connectivity index (χ3n) is 7.37. The van der Waals surface area contributed by atoms with Crippen LogP contribution < -0.4 is 15.1 Å². The van der Waals surface area contributed by atoms with Gasteiger partial charge < -0.3 is 9.80 Å². The number of fused-ring (bicyclic) bond motifs is 1. The number of carbonyl (C=O) groups excluding carboxylic acids is 2. The lowest BCUT2D eigenvalue weighted by atomic mass is 9.93. The second kappa shape index (κ2) is 7.98. The Morgan fingerprint density at radius 2 is 1.59 bits per heavy atom. The molecule has 3 aliphatic heterocycles. The molecule has 6 nitrogen and oxygen atoms in total. The van der Waals surface area contributed by atoms with Gasteiger partial charge in [-0.25, -0.2) is 0 Å². The first-order chi connectivity index (χ1) is 14.2. The van der Waals surface area contributed by atoms with E-state index >= 15 is 0 Å². The van der Waals surface area contributed by atoms with E-state index in [1.807, 2.05) is 0 Å². The summed E-state index contributed by atoms with van der Waals surface area (Å²) in [5.41, 5.74) is 3.91. The average molecular weight is 397 g/mol. The topological polar surface area (TPSA) is 55.9 Å². The fraction of sp³-hybridized carbons (Fsp3) is 0.652. The quantitative estimate of drug-likeness (QED) is 0.795. The maximum absolute atomic E-state index is 12.4. The van der Waals surface area contributed by atoms with Gasteiger partial charge in [-0.15, -0.1) is 0 Å². The van der Waals surface area contributed by atoms with Crippen LogP contribution in [0.4, 0.5) is 11.4 Å². The molecule has 1 saturated carbocycles. The minimum absolute atomic E-state index is 0.138. The van der Waals surface area contributed by atoms with Gasteiger partial charge in [-0.1, -0.05) is 25.3 Å². The molecule has 1 atom stereocenters. The lowest BCUT2D eigenvalue weighted by Gasteiger charge is -2.42. The van der Waals surface area contributed by atoms with Gasteiger partial charge >= 0.3 is 0 Å². The van der Waals surface area contributed by atoms with Crippen molar-refractivity contribution in [2.24, 2.45) is 0 Å². The molecule has 156 valence electrons. The fourth-order valence-electron chi connectivity index (χ4n) is 5.81. The molecule has 6 heteroatoms. The van der Waals surface area contributed by atoms with Crippen molar-refractivity contribution >= 4 is 23.2 Å². The summed E-state index contributed by atoms with van der Waals surface area (Å²) in [5, 5.41) is 2.52. The molecule has 5 rings (SSSR count). The van der Waals surface area contributed by atoms with Gasteiger partial charge in [0.05, 0.1) is 0 Å². The third kappa shape index (κ3) is 3.63. The summed E-state index contributed by atoms with van der Waals surface area (Å²) in [5.74, 6) is -0.282. The van der Waals surface area contributed by atoms with E-state index in [0.29, 0.717) is 12.8 Å². The van der Waals surface area contributed by atoms with Gasteiger partial charge in [0.1, 0.15) is 6.04 Å². The molecule has 0 aromatic heterocycles. The summed E-state index contributed by atoms with van der Waals surface area (Å²) in [4.78, 5) is 31.4. The highest BCUT2D eigenvalue weighted by Crippen LogP contribution is 2.38. The predicted molar refractivity (Wildman–Crippen MR) is 114 cm³/mol. The smallest absolute Gasteiger partial charge is 0.249 e. The van der Waals surface area contributed by atoms with Crippen LogP contribution in [0.2, 0.25) is 0 Å². The third-order valence-corrected chi connectivity index (χ3v) is 7.37. The lowest BCUT2D eigenvalue weighted by molar-refractivity contribution is -0.134. The number of benzene rings is 1. The fourth-order valence-corrected chi connectivity index (χ4v) is 5.81. The average Bonchev–Trinajstić information content (AvgIpc) is 3.19. The number of anilines is 2. The normalized spacial score (nSPS) is 26.6. The Morgan fingerprint density at radius 3 is 2.34 bits per heavy atom. The number of hydrogen-bond donors (Lipinski definition) is 1. The zero-order chi connectivity index (χ0) is 19.8. The van der Waals surface area contributed by atoms with E-state index in [2.05, 4.69) is 38.2 Å². The van der Waals surface area contributed by atoms with Crippen LogP contribution in [0.25, 0.3) is 0 Å². The molecule has 2 amide bonds. The number of amides is 2. The van der Waals surface area contributed by atoms with Crippen molar-refractivity contribution in [3.63, 3.8) is 0 Å². The predicted octanol–water partition coefficient (Wildman–Crippen LogP) is 2.31. The highest BCUT2D eigenvalue weighted by Gasteiger charge is 2.36. The summed E-state index contributed by atoms with van der Waals surface area (Å²) in [6.45, 7) is 5.35. The zero-order valence-corrected chi connectivity index (χ0v) is 17.2. The van der Waals surface area contributed by atoms with Gasteiger partial charge in [-0.2, -0.15) is 0 Å². The molecule has 0 spiro atoms. The van der Waals surface area contributed by atoms with Crippen molar-refractivity contribution < 1.29 is 9.59 Å². The molecule has 0 radical (unpaired) electrons. The van der Waals surface area contributed by atoms with Gasteiger partial charge in [0, 0.05) is 62.1 Å². The summed E-state index contributed by atoms with van der Waals surface area (Å²) in [7, 11) is 0. The summed E-state index contributed by atoms with van der Waals surface area (Å²) in [6.07, 6.45) is 8.99. The van der Waals surface area contributed by atoms with Gasteiger partial charge in [-0.3, -0.25) is 19.8 Å². The minimum atomic E-state index is -0.215. The Balaban J connectivity index is 1.29. The maximum Gasteiger partial charge on any atom is 0.249 e. The van der Waals surface area contributed by atoms with E-state index in [-0.39, 0.29) is 17.9 Å². The van der Waals surface area contributed by atoms with Crippen LogP contribution in [0.15, 0.2) is 18.2 Å². The monoisotopic (exact) mass is 396 g/mol. The van der Waals surface area contributed by atoms with E-state index in [4.69, 9.17) is 0 Å². The standard InChI is InChI=1S/C23H32N4O2/c28-22-10-9-21(23(29)24-22)27-12-11-18-19(7-4-8-20(18)27)26-15-13-25(14-16-26)17-5-2-1-3-6-17/h4,7-8,17,21H,1-3,5-6,9-16H2,(H,24,28,29). The molecule has 2 saturated heterocycles. The summed E-state index contributed by atoms with van der Waals surface area (Å²) in [6, 6.07) is 7.12. The van der Waals surface area contributed by atoms with E-state index < -0.39 is 0 Å². The number of piperidine rings is 1. The lowest BCUT2D eigenvalue weighted by Crippen LogP contribution is -2.52. The van der Waals surface area contributed by atoms with Crippen molar-refractivity contribution in [2.75, 3.05) is 42.5 Å². The molecule has 1 unspecified atom stereocenters. The number of nitrogens with zero attached hydrogens (tertiary/aromatic N) is 3. The van der Waals surface area contributed by atoms with Crippen LogP contribution in [0.3, 0.4) is 0 Å². The van der Waals surface area contributed by atoms with Crippen LogP contribution in [0.5, 0.6) is 0 Å². The van der Waals surface area contributed by atoms with Crippen LogP contribution in [-0.4, -0.2) is 61.5 Å². The Labute approximate surface area is 173 Å². The Bertz CT molecular complexity index is 781. The number of piperazine rings is 1. The van der Waals surface area contributed by atoms with Crippen LogP contribution in [-0.2, 0) is 16.0 Å². The van der Waals surface area contributed by atoms with Gasteiger partial charge in [0.2, 0.25) is 11.8 Å². The Kier molecular flexibility index (Phi) is 5.20. The molecule has 4 aliphatic rings. The van der Waals surface area contributed by atoms with Gasteiger partial charge in [0.15, 0.2) is 0 Å². The number of imide groups is 1. The second-order valence-corrected chi connectivity index (χ2v) is 9.00. The van der Waals surface area contributed by atoms with Crippen molar-refractivity contribution in [1.29, 1.82) is 0 Å². The first kappa shape index (κ1) is 18.9. The first-order valence-electron chi connectivity index (χ1n) is 11.4. The number of rotatable bonds is 3. The maximum atomic E-state index is 12.4. The van der Waals surface area contributed by atoms with Crippen LogP contribution in [0, 0.1) is 0 Å². The molecular weight excluding hydrogens is 364 g/mol. The molecule has 0 bridgehead atoms. The molecule has 3 heterocycles. The highest BCUT2D eigenvalue weighted by atomic mass is 16.2. The van der Waals surface area contributed by atoms with Crippen molar-refractivity contribution in [1.82, 2.24) is 10.2 Å². The SMILES string of the molecule is O=C1CCC(N2CCc3c(N4CCN(C5CCCCC5)CC4)cccc32)C(=O)N1. The summed E-state index contributed by atoms with van der Waals surface area (Å²) < 4.78 is 0. The van der Waals surface area contributed by atoms with Crippen LogP contribution >= 0.6 is 0 Å². The number of carbonyl (C=O) groups is 2. The van der Waals surface area contributed by atoms with Crippen molar-refractivity contribution in [3.8, 4) is 0 Å². The van der Waals surface area contributed by atoms with E-state index in [0.717, 1.165) is 45.2 Å². The number of nitrogens with one attached hydrogen (secondary N) is 1. The van der Waals surface area contributed by atoms with Gasteiger partial charge in [-0.05, 0) is 37.8 Å². The Hall–Kier alpha value is -2.08. The number of hydrogen-bond acceptors (Lipinski definition) is 5. The molecule has 29 heavy (non-hydrogen) atoms. The second-order valence-electron chi connectivity index (χ2n) is 9.00. The largest absolute Gasteiger partial charge is 0.369 e. The molecular formula is C23H32N4O2. The van der Waals surface area contributed by atoms with E-state index in [9.17, 15) is 9.59 Å². The Morgan fingerprint density at radius 1 is 0.828 bits per heavy atom. The van der Waals surface area contributed by atoms with Crippen molar-refractivity contribution in [3.05, 3.63) is 23.8 Å². The van der Waals surface area contributed by atoms with Gasteiger partial charge in [0.25, 0.3) is 0 Å². The molecule has 3 fully saturated rings. The molecule has 1 aromatic rings. The molecule has 1 aromatic carbocycles. The van der Waals surface area contributed by atoms with Crippen LogP contribution in [0.1, 0.15) is 50.5 Å². The highest BCUT2D eigenvalue weighted by molar-refractivity contribution is 6.02. The minimum Gasteiger partial charge on any atom is -0.369 e. The van der Waals surface area contributed by atoms with E-state index in [1.54, 1.807) is 0 Å². The summed E-state index contributed by atoms with van der Waals surface area (Å²) >= 11 is 0. The first-order valence-corrected chi connectivity index (χ1v) is 11.4. The van der Waals surface area contributed by atoms with E-state index in [1.165, 1.54) is 49.0 Å². The zero-order valence-electron chi connectivity index (χ0n) is 17.2.